The Kier molecular flexibility index (Phi) is 7.52. The second-order valence-electron chi connectivity index (χ2n) is 12.1. The van der Waals surface area contributed by atoms with Crippen molar-refractivity contribution in [1.82, 2.24) is 14.7 Å². The standard InChI is InChI=1S/C31H39N3O6/c1-30(2,3)40-29(37)34-16-6-7-25(34)28(36)33-17-14-31(15-18-33)38-20-24-19-23(12-13-26(24)39-31)21-8-10-22(11-9-21)27(35)32(4)5/h8-13,19,25H,6-7,14-18,20H2,1-5H3/t25-/m0/s1. The van der Waals surface area contributed by atoms with E-state index in [0.717, 1.165) is 28.9 Å². The number of hydrogen-bond acceptors (Lipinski definition) is 6. The van der Waals surface area contributed by atoms with Crippen LogP contribution in [0.2, 0.25) is 0 Å². The minimum Gasteiger partial charge on any atom is -0.462 e. The van der Waals surface area contributed by atoms with Crippen molar-refractivity contribution in [3.8, 4) is 16.9 Å². The molecule has 2 aromatic rings. The first-order valence-electron chi connectivity index (χ1n) is 14.0. The molecule has 3 aliphatic rings. The smallest absolute Gasteiger partial charge is 0.410 e. The van der Waals surface area contributed by atoms with Crippen molar-refractivity contribution in [2.24, 2.45) is 0 Å². The Morgan fingerprint density at radius 3 is 2.30 bits per heavy atom. The molecule has 0 bridgehead atoms. The Morgan fingerprint density at radius 1 is 0.975 bits per heavy atom. The normalized spacial score (nSPS) is 20.1. The predicted octanol–water partition coefficient (Wildman–Crippen LogP) is 4.68. The van der Waals surface area contributed by atoms with Crippen molar-refractivity contribution in [2.45, 2.75) is 70.5 Å². The molecule has 0 unspecified atom stereocenters. The highest BCUT2D eigenvalue weighted by atomic mass is 16.7. The maximum atomic E-state index is 13.4. The number of hydrogen-bond donors (Lipinski definition) is 0. The first kappa shape index (κ1) is 28.0. The molecule has 9 nitrogen and oxygen atoms in total. The van der Waals surface area contributed by atoms with Gasteiger partial charge in [0.15, 0.2) is 0 Å². The molecule has 0 radical (unpaired) electrons. The van der Waals surface area contributed by atoms with Crippen molar-refractivity contribution in [3.05, 3.63) is 53.6 Å². The summed E-state index contributed by atoms with van der Waals surface area (Å²) in [4.78, 5) is 43.2. The van der Waals surface area contributed by atoms with Gasteiger partial charge in [-0.05, 0) is 69.0 Å². The van der Waals surface area contributed by atoms with E-state index in [1.807, 2.05) is 62.1 Å². The van der Waals surface area contributed by atoms with E-state index in [1.54, 1.807) is 23.9 Å². The molecule has 2 saturated heterocycles. The zero-order valence-electron chi connectivity index (χ0n) is 24.1. The molecule has 0 saturated carbocycles. The van der Waals surface area contributed by atoms with Gasteiger partial charge in [-0.25, -0.2) is 4.79 Å². The third-order valence-electron chi connectivity index (χ3n) is 7.72. The average molecular weight is 550 g/mol. The van der Waals surface area contributed by atoms with Gasteiger partial charge in [0.2, 0.25) is 11.7 Å². The molecule has 214 valence electrons. The molecular weight excluding hydrogens is 510 g/mol. The van der Waals surface area contributed by atoms with Gasteiger partial charge in [-0.3, -0.25) is 14.5 Å². The molecule has 3 aliphatic heterocycles. The van der Waals surface area contributed by atoms with E-state index < -0.39 is 23.5 Å². The summed E-state index contributed by atoms with van der Waals surface area (Å²) < 4.78 is 18.2. The lowest BCUT2D eigenvalue weighted by atomic mass is 9.98. The first-order valence-corrected chi connectivity index (χ1v) is 14.0. The second-order valence-corrected chi connectivity index (χ2v) is 12.1. The largest absolute Gasteiger partial charge is 0.462 e. The van der Waals surface area contributed by atoms with E-state index in [1.165, 1.54) is 0 Å². The van der Waals surface area contributed by atoms with Crippen LogP contribution >= 0.6 is 0 Å². The Bertz CT molecular complexity index is 1270. The van der Waals surface area contributed by atoms with E-state index in [9.17, 15) is 14.4 Å². The van der Waals surface area contributed by atoms with Gasteiger partial charge in [0.05, 0.1) is 6.61 Å². The Morgan fingerprint density at radius 2 is 1.65 bits per heavy atom. The third-order valence-corrected chi connectivity index (χ3v) is 7.72. The summed E-state index contributed by atoms with van der Waals surface area (Å²) in [5.41, 5.74) is 3.05. The van der Waals surface area contributed by atoms with Crippen molar-refractivity contribution in [3.63, 3.8) is 0 Å². The molecule has 0 aliphatic carbocycles. The molecule has 2 fully saturated rings. The third kappa shape index (κ3) is 5.80. The van der Waals surface area contributed by atoms with Crippen LogP contribution in [0.4, 0.5) is 4.79 Å². The van der Waals surface area contributed by atoms with E-state index >= 15 is 0 Å². The van der Waals surface area contributed by atoms with E-state index in [4.69, 9.17) is 14.2 Å². The monoisotopic (exact) mass is 549 g/mol. The number of carbonyl (C=O) groups excluding carboxylic acids is 3. The lowest BCUT2D eigenvalue weighted by Crippen LogP contribution is -2.56. The van der Waals surface area contributed by atoms with Crippen molar-refractivity contribution in [2.75, 3.05) is 33.7 Å². The van der Waals surface area contributed by atoms with Crippen LogP contribution in [0.15, 0.2) is 42.5 Å². The molecule has 3 heterocycles. The summed E-state index contributed by atoms with van der Waals surface area (Å²) in [7, 11) is 3.48. The fraction of sp³-hybridized carbons (Fsp3) is 0.516. The van der Waals surface area contributed by atoms with Crippen LogP contribution in [0.3, 0.4) is 0 Å². The summed E-state index contributed by atoms with van der Waals surface area (Å²) in [6.45, 7) is 7.45. The fourth-order valence-corrected chi connectivity index (χ4v) is 5.56. The molecular formula is C31H39N3O6. The van der Waals surface area contributed by atoms with Crippen LogP contribution in [-0.4, -0.2) is 83.8 Å². The number of nitrogens with zero attached hydrogens (tertiary/aromatic N) is 3. The molecule has 1 spiro atoms. The number of likely N-dealkylation sites (tertiary alicyclic amines) is 2. The first-order chi connectivity index (χ1) is 18.9. The highest BCUT2D eigenvalue weighted by molar-refractivity contribution is 5.94. The van der Waals surface area contributed by atoms with Crippen molar-refractivity contribution < 1.29 is 28.6 Å². The predicted molar refractivity (Wildman–Crippen MR) is 150 cm³/mol. The van der Waals surface area contributed by atoms with Gasteiger partial charge in [-0.2, -0.15) is 0 Å². The molecule has 40 heavy (non-hydrogen) atoms. The Hall–Kier alpha value is -3.59. The second kappa shape index (κ2) is 10.8. The maximum absolute atomic E-state index is 13.4. The molecule has 9 heteroatoms. The number of benzene rings is 2. The van der Waals surface area contributed by atoms with Gasteiger partial charge < -0.3 is 24.0 Å². The van der Waals surface area contributed by atoms with Gasteiger partial charge in [-0.1, -0.05) is 18.2 Å². The number of piperidine rings is 1. The van der Waals surface area contributed by atoms with Crippen LogP contribution in [-0.2, 0) is 20.9 Å². The SMILES string of the molecule is CN(C)C(=O)c1ccc(-c2ccc3c(c2)COC2(CCN(C(=O)[C@@H]4CCCN4C(=O)OC(C)(C)C)CC2)O3)cc1. The molecule has 3 amide bonds. The van der Waals surface area contributed by atoms with Gasteiger partial charge in [0.25, 0.3) is 5.91 Å². The fourth-order valence-electron chi connectivity index (χ4n) is 5.56. The average Bonchev–Trinajstić information content (AvgIpc) is 3.42. The van der Waals surface area contributed by atoms with Crippen LogP contribution in [0, 0.1) is 0 Å². The van der Waals surface area contributed by atoms with Crippen LogP contribution < -0.4 is 4.74 Å². The van der Waals surface area contributed by atoms with Gasteiger partial charge in [0.1, 0.15) is 17.4 Å². The maximum Gasteiger partial charge on any atom is 0.410 e. The van der Waals surface area contributed by atoms with Crippen LogP contribution in [0.25, 0.3) is 11.1 Å². The number of ether oxygens (including phenoxy) is 3. The van der Waals surface area contributed by atoms with Crippen molar-refractivity contribution in [1.29, 1.82) is 0 Å². The quantitative estimate of drug-likeness (QED) is 0.552. The van der Waals surface area contributed by atoms with Crippen LogP contribution in [0.5, 0.6) is 5.75 Å². The minimum absolute atomic E-state index is 0.0274. The highest BCUT2D eigenvalue weighted by Gasteiger charge is 2.45. The van der Waals surface area contributed by atoms with E-state index in [0.29, 0.717) is 51.1 Å². The number of carbonyl (C=O) groups is 3. The number of rotatable bonds is 3. The lowest BCUT2D eigenvalue weighted by Gasteiger charge is -2.44. The Balaban J connectivity index is 1.20. The van der Waals surface area contributed by atoms with Gasteiger partial charge in [-0.15, -0.1) is 0 Å². The Labute approximate surface area is 236 Å². The number of amides is 3. The topological polar surface area (TPSA) is 88.6 Å². The molecule has 5 rings (SSSR count). The summed E-state index contributed by atoms with van der Waals surface area (Å²) in [6, 6.07) is 13.2. The molecule has 0 N–H and O–H groups in total. The summed E-state index contributed by atoms with van der Waals surface area (Å²) in [5.74, 6) is -0.0288. The zero-order valence-corrected chi connectivity index (χ0v) is 24.1. The molecule has 1 atom stereocenters. The summed E-state index contributed by atoms with van der Waals surface area (Å²) >= 11 is 0. The highest BCUT2D eigenvalue weighted by Crippen LogP contribution is 2.39. The minimum atomic E-state index is -0.764. The van der Waals surface area contributed by atoms with E-state index in [2.05, 4.69) is 6.07 Å². The lowest BCUT2D eigenvalue weighted by molar-refractivity contribution is -0.228. The summed E-state index contributed by atoms with van der Waals surface area (Å²) in [6.07, 6.45) is 2.12. The van der Waals surface area contributed by atoms with Crippen molar-refractivity contribution >= 4 is 17.9 Å². The summed E-state index contributed by atoms with van der Waals surface area (Å²) in [5, 5.41) is 0. The molecule has 0 aromatic heterocycles. The molecule has 2 aromatic carbocycles. The van der Waals surface area contributed by atoms with Crippen LogP contribution in [0.1, 0.15) is 62.4 Å². The zero-order chi connectivity index (χ0) is 28.7. The van der Waals surface area contributed by atoms with E-state index in [-0.39, 0.29) is 11.8 Å². The number of fused-ring (bicyclic) bond motifs is 1. The van der Waals surface area contributed by atoms with Gasteiger partial charge >= 0.3 is 6.09 Å². The van der Waals surface area contributed by atoms with Gasteiger partial charge in [0, 0.05) is 57.7 Å².